The average molecular weight is 418 g/mol. The molecule has 1 unspecified atom stereocenters. The minimum absolute atomic E-state index is 0.0296. The first-order chi connectivity index (χ1) is 15.0. The zero-order chi connectivity index (χ0) is 22.4. The molecule has 0 bridgehead atoms. The molecular weight excluding hydrogens is 382 g/mol. The van der Waals surface area contributed by atoms with Crippen molar-refractivity contribution in [2.45, 2.75) is 26.8 Å². The number of aryl methyl sites for hydroxylation is 1. The highest BCUT2D eigenvalue weighted by atomic mass is 16.5. The molecule has 4 heteroatoms. The summed E-state index contributed by atoms with van der Waals surface area (Å²) in [6, 6.07) is 23.7. The van der Waals surface area contributed by atoms with E-state index < -0.39 is 0 Å². The quantitative estimate of drug-likeness (QED) is 0.454. The third-order valence-corrected chi connectivity index (χ3v) is 5.84. The molecular formula is C27H35N3O. The second-order valence-corrected chi connectivity index (χ2v) is 7.98. The Bertz CT molecular complexity index is 978. The molecule has 0 aliphatic carbocycles. The molecule has 1 atom stereocenters. The molecule has 1 N–H and O–H groups in total. The monoisotopic (exact) mass is 417 g/mol. The number of hydrogen-bond acceptors (Lipinski definition) is 4. The van der Waals surface area contributed by atoms with Gasteiger partial charge >= 0.3 is 0 Å². The molecule has 0 aromatic heterocycles. The van der Waals surface area contributed by atoms with Crippen molar-refractivity contribution in [1.82, 2.24) is 0 Å². The van der Waals surface area contributed by atoms with Gasteiger partial charge in [-0.25, -0.2) is 0 Å². The average Bonchev–Trinajstić information content (AvgIpc) is 2.79. The Kier molecular flexibility index (Phi) is 7.45. The van der Waals surface area contributed by atoms with Gasteiger partial charge in [0.1, 0.15) is 5.75 Å². The van der Waals surface area contributed by atoms with E-state index in [9.17, 15) is 0 Å². The van der Waals surface area contributed by atoms with Gasteiger partial charge in [-0.1, -0.05) is 36.4 Å². The van der Waals surface area contributed by atoms with Crippen molar-refractivity contribution in [1.29, 1.82) is 0 Å². The molecule has 0 aliphatic heterocycles. The zero-order valence-electron chi connectivity index (χ0n) is 19.6. The van der Waals surface area contributed by atoms with Crippen LogP contribution in [0.2, 0.25) is 0 Å². The van der Waals surface area contributed by atoms with Crippen molar-refractivity contribution >= 4 is 17.1 Å². The Hall–Kier alpha value is -3.14. The lowest BCUT2D eigenvalue weighted by molar-refractivity contribution is 0.408. The van der Waals surface area contributed by atoms with Crippen molar-refractivity contribution in [2.24, 2.45) is 0 Å². The van der Waals surface area contributed by atoms with Gasteiger partial charge in [0.25, 0.3) is 0 Å². The number of ether oxygens (including phenoxy) is 1. The number of anilines is 3. The summed E-state index contributed by atoms with van der Waals surface area (Å²) in [5, 5.41) is 3.77. The molecule has 4 nitrogen and oxygen atoms in total. The van der Waals surface area contributed by atoms with E-state index in [0.717, 1.165) is 30.1 Å². The van der Waals surface area contributed by atoms with Gasteiger partial charge in [-0.15, -0.1) is 0 Å². The van der Waals surface area contributed by atoms with E-state index in [2.05, 4.69) is 117 Å². The van der Waals surface area contributed by atoms with Crippen LogP contribution >= 0.6 is 0 Å². The molecule has 0 saturated heterocycles. The van der Waals surface area contributed by atoms with Gasteiger partial charge in [0.2, 0.25) is 0 Å². The minimum Gasteiger partial charge on any atom is -0.496 e. The molecule has 0 aliphatic rings. The highest BCUT2D eigenvalue weighted by Gasteiger charge is 2.20. The maximum absolute atomic E-state index is 5.88. The summed E-state index contributed by atoms with van der Waals surface area (Å²) in [5.74, 6) is 0.896. The van der Waals surface area contributed by atoms with Crippen LogP contribution in [0.25, 0.3) is 0 Å². The molecule has 0 heterocycles. The highest BCUT2D eigenvalue weighted by Crippen LogP contribution is 2.36. The molecule has 164 valence electrons. The number of para-hydroxylation sites is 1. The molecule has 0 amide bonds. The summed E-state index contributed by atoms with van der Waals surface area (Å²) < 4.78 is 5.88. The van der Waals surface area contributed by atoms with E-state index in [1.54, 1.807) is 7.11 Å². The molecule has 0 spiro atoms. The molecule has 3 rings (SSSR count). The molecule has 0 radical (unpaired) electrons. The fraction of sp³-hybridized carbons (Fsp3) is 0.333. The van der Waals surface area contributed by atoms with Gasteiger partial charge in [0.15, 0.2) is 0 Å². The number of nitrogens with zero attached hydrogens (tertiary/aromatic N) is 2. The van der Waals surface area contributed by atoms with Crippen LogP contribution in [-0.4, -0.2) is 34.3 Å². The van der Waals surface area contributed by atoms with Gasteiger partial charge < -0.3 is 19.9 Å². The van der Waals surface area contributed by atoms with Crippen LogP contribution in [0.4, 0.5) is 17.1 Å². The fourth-order valence-corrected chi connectivity index (χ4v) is 3.92. The number of nitrogens with one attached hydrogen (secondary N) is 1. The maximum atomic E-state index is 5.88. The van der Waals surface area contributed by atoms with Crippen molar-refractivity contribution in [3.8, 4) is 5.75 Å². The van der Waals surface area contributed by atoms with Crippen LogP contribution < -0.4 is 19.9 Å². The van der Waals surface area contributed by atoms with Crippen molar-refractivity contribution in [2.75, 3.05) is 49.4 Å². The number of rotatable bonds is 9. The summed E-state index contributed by atoms with van der Waals surface area (Å²) in [6.07, 6.45) is 0. The summed E-state index contributed by atoms with van der Waals surface area (Å²) in [4.78, 5) is 4.45. The van der Waals surface area contributed by atoms with Crippen molar-refractivity contribution in [3.05, 3.63) is 83.4 Å². The maximum Gasteiger partial charge on any atom is 0.126 e. The fourth-order valence-electron chi connectivity index (χ4n) is 3.92. The van der Waals surface area contributed by atoms with Crippen molar-refractivity contribution < 1.29 is 4.74 Å². The normalized spacial score (nSPS) is 11.7. The molecule has 3 aromatic carbocycles. The van der Waals surface area contributed by atoms with E-state index >= 15 is 0 Å². The number of benzene rings is 3. The Labute approximate surface area is 187 Å². The van der Waals surface area contributed by atoms with Crippen LogP contribution in [0.3, 0.4) is 0 Å². The molecule has 31 heavy (non-hydrogen) atoms. The smallest absolute Gasteiger partial charge is 0.126 e. The number of methoxy groups -OCH3 is 1. The van der Waals surface area contributed by atoms with Crippen LogP contribution in [0.1, 0.15) is 36.6 Å². The molecule has 3 aromatic rings. The van der Waals surface area contributed by atoms with E-state index in [0.29, 0.717) is 0 Å². The molecule has 0 saturated carbocycles. The first-order valence-corrected chi connectivity index (χ1v) is 11.0. The van der Waals surface area contributed by atoms with Gasteiger partial charge in [-0.2, -0.15) is 0 Å². The van der Waals surface area contributed by atoms with Crippen molar-refractivity contribution in [3.63, 3.8) is 0 Å². The third kappa shape index (κ3) is 5.13. The first kappa shape index (κ1) is 22.5. The summed E-state index contributed by atoms with van der Waals surface area (Å²) >= 11 is 0. The summed E-state index contributed by atoms with van der Waals surface area (Å²) in [6.45, 7) is 8.43. The van der Waals surface area contributed by atoms with Gasteiger partial charge in [0, 0.05) is 55.9 Å². The minimum atomic E-state index is -0.0296. The lowest BCUT2D eigenvalue weighted by Gasteiger charge is -2.27. The van der Waals surface area contributed by atoms with Crippen LogP contribution in [-0.2, 0) is 0 Å². The Morgan fingerprint density at radius 2 is 1.52 bits per heavy atom. The predicted molar refractivity (Wildman–Crippen MR) is 134 cm³/mol. The zero-order valence-corrected chi connectivity index (χ0v) is 19.6. The predicted octanol–water partition coefficient (Wildman–Crippen LogP) is 6.12. The van der Waals surface area contributed by atoms with E-state index in [1.807, 2.05) is 0 Å². The highest BCUT2D eigenvalue weighted by molar-refractivity contribution is 5.60. The second-order valence-electron chi connectivity index (χ2n) is 7.98. The Balaban J connectivity index is 2.08. The van der Waals surface area contributed by atoms with E-state index in [-0.39, 0.29) is 6.04 Å². The van der Waals surface area contributed by atoms with Gasteiger partial charge in [0.05, 0.1) is 13.2 Å². The molecule has 0 fully saturated rings. The van der Waals surface area contributed by atoms with E-state index in [1.165, 1.54) is 22.5 Å². The van der Waals surface area contributed by atoms with Crippen LogP contribution in [0.15, 0.2) is 66.7 Å². The van der Waals surface area contributed by atoms with Crippen LogP contribution in [0.5, 0.6) is 5.75 Å². The Morgan fingerprint density at radius 3 is 2.10 bits per heavy atom. The number of hydrogen-bond donors (Lipinski definition) is 1. The summed E-state index contributed by atoms with van der Waals surface area (Å²) in [5.41, 5.74) is 7.03. The lowest BCUT2D eigenvalue weighted by atomic mass is 9.96. The third-order valence-electron chi connectivity index (χ3n) is 5.84. The van der Waals surface area contributed by atoms with Crippen LogP contribution in [0, 0.1) is 6.92 Å². The van der Waals surface area contributed by atoms with E-state index in [4.69, 9.17) is 4.74 Å². The first-order valence-electron chi connectivity index (χ1n) is 11.0. The second kappa shape index (κ2) is 10.3. The standard InChI is InChI=1S/C27H35N3O/c1-7-30(8-2)23-17-18-24(26(19-23)31-6)27(28-25-12-10-9-11-20(25)3)21-13-15-22(16-14-21)29(4)5/h9-19,27-28H,7-8H2,1-6H3. The van der Waals surface area contributed by atoms with Gasteiger partial charge in [-0.05, 0) is 56.2 Å². The lowest BCUT2D eigenvalue weighted by Crippen LogP contribution is -2.22. The SMILES string of the molecule is CCN(CC)c1ccc(C(Nc2ccccc2C)c2ccc(N(C)C)cc2)c(OC)c1. The Morgan fingerprint density at radius 1 is 0.871 bits per heavy atom. The topological polar surface area (TPSA) is 27.7 Å². The largest absolute Gasteiger partial charge is 0.496 e. The van der Waals surface area contributed by atoms with Gasteiger partial charge in [-0.3, -0.25) is 0 Å². The summed E-state index contributed by atoms with van der Waals surface area (Å²) in [7, 11) is 5.88.